The van der Waals surface area contributed by atoms with Gasteiger partial charge in [-0.15, -0.1) is 0 Å². The largest absolute Gasteiger partial charge is 0.391 e. The Morgan fingerprint density at radius 1 is 0.818 bits per heavy atom. The Kier molecular flexibility index (Phi) is 12.4. The van der Waals surface area contributed by atoms with Gasteiger partial charge in [0.2, 0.25) is 11.8 Å². The number of fused-ring (bicyclic) bond motifs is 1. The lowest BCUT2D eigenvalue weighted by Gasteiger charge is -2.29. The van der Waals surface area contributed by atoms with Crippen molar-refractivity contribution in [2.24, 2.45) is 17.8 Å². The standard InChI is InChI=1S/C34H44N4O6/c1-21(2)17-29(31(39)18-23(5)32(40)35-20-22(3)4)36-34(42)30(19-24-13-15-26(16-14-24)38(43)44)37-33(41)28-12-8-10-25-9-6-7-11-27(25)28/h6-16,21-23,29-31,39H,17-20H2,1-5H3,(H,35,40)(H,36,42)(H,37,41)/t23-,29+,30+,31+/m1/s1. The fraction of sp³-hybridized carbons (Fsp3) is 0.441. The number of carbonyl (C=O) groups excluding carboxylic acids is 3. The second-order valence-electron chi connectivity index (χ2n) is 12.3. The molecule has 0 heterocycles. The fourth-order valence-corrected chi connectivity index (χ4v) is 5.07. The normalized spacial score (nSPS) is 14.1. The summed E-state index contributed by atoms with van der Waals surface area (Å²) in [5.41, 5.74) is 0.941. The van der Waals surface area contributed by atoms with Crippen molar-refractivity contribution in [3.05, 3.63) is 88.0 Å². The lowest BCUT2D eigenvalue weighted by Crippen LogP contribution is -2.54. The summed E-state index contributed by atoms with van der Waals surface area (Å²) in [6.07, 6.45) is -0.333. The number of aliphatic hydroxyl groups excluding tert-OH is 1. The molecule has 3 aromatic rings. The summed E-state index contributed by atoms with van der Waals surface area (Å²) in [7, 11) is 0. The van der Waals surface area contributed by atoms with E-state index >= 15 is 0 Å². The van der Waals surface area contributed by atoms with E-state index < -0.39 is 40.8 Å². The van der Waals surface area contributed by atoms with Gasteiger partial charge in [0.25, 0.3) is 11.6 Å². The summed E-state index contributed by atoms with van der Waals surface area (Å²) in [6.45, 7) is 10.2. The first-order chi connectivity index (χ1) is 20.8. The molecule has 0 aromatic heterocycles. The third kappa shape index (κ3) is 9.87. The Morgan fingerprint density at radius 3 is 2.11 bits per heavy atom. The number of non-ortho nitro benzene ring substituents is 1. The van der Waals surface area contributed by atoms with Crippen LogP contribution in [-0.2, 0) is 16.0 Å². The van der Waals surface area contributed by atoms with Gasteiger partial charge in [0.15, 0.2) is 0 Å². The van der Waals surface area contributed by atoms with Crippen LogP contribution in [0, 0.1) is 27.9 Å². The van der Waals surface area contributed by atoms with Gasteiger partial charge in [-0.2, -0.15) is 0 Å². The molecule has 0 saturated carbocycles. The lowest BCUT2D eigenvalue weighted by molar-refractivity contribution is -0.384. The van der Waals surface area contributed by atoms with Gasteiger partial charge in [-0.25, -0.2) is 0 Å². The minimum atomic E-state index is -1.04. The van der Waals surface area contributed by atoms with Crippen LogP contribution in [0.5, 0.6) is 0 Å². The average molecular weight is 605 g/mol. The van der Waals surface area contributed by atoms with Crippen LogP contribution in [0.15, 0.2) is 66.7 Å². The maximum atomic E-state index is 13.8. The van der Waals surface area contributed by atoms with E-state index in [1.54, 1.807) is 31.2 Å². The molecule has 3 rings (SSSR count). The van der Waals surface area contributed by atoms with E-state index in [4.69, 9.17) is 0 Å². The van der Waals surface area contributed by atoms with Gasteiger partial charge in [-0.1, -0.05) is 83.1 Å². The summed E-state index contributed by atoms with van der Waals surface area (Å²) in [5, 5.41) is 32.6. The number of nitrogens with one attached hydrogen (secondary N) is 3. The van der Waals surface area contributed by atoms with E-state index in [0.717, 1.165) is 10.8 Å². The third-order valence-corrected chi connectivity index (χ3v) is 7.49. The van der Waals surface area contributed by atoms with Crippen molar-refractivity contribution in [1.82, 2.24) is 16.0 Å². The van der Waals surface area contributed by atoms with E-state index in [-0.39, 0.29) is 30.4 Å². The molecule has 0 spiro atoms. The van der Waals surface area contributed by atoms with Crippen LogP contribution in [0.4, 0.5) is 5.69 Å². The Bertz CT molecular complexity index is 1430. The van der Waals surface area contributed by atoms with Gasteiger partial charge in [0.1, 0.15) is 6.04 Å². The molecule has 44 heavy (non-hydrogen) atoms. The van der Waals surface area contributed by atoms with Crippen LogP contribution < -0.4 is 16.0 Å². The lowest BCUT2D eigenvalue weighted by atomic mass is 9.92. The zero-order valence-electron chi connectivity index (χ0n) is 26.1. The molecular formula is C34H44N4O6. The van der Waals surface area contributed by atoms with Crippen molar-refractivity contribution in [1.29, 1.82) is 0 Å². The number of aliphatic hydroxyl groups is 1. The summed E-state index contributed by atoms with van der Waals surface area (Å²) in [4.78, 5) is 50.6. The number of nitro benzene ring substituents is 1. The average Bonchev–Trinajstić information content (AvgIpc) is 2.98. The highest BCUT2D eigenvalue weighted by Gasteiger charge is 2.30. The summed E-state index contributed by atoms with van der Waals surface area (Å²) in [5.74, 6) is -1.17. The first-order valence-electron chi connectivity index (χ1n) is 15.1. The maximum absolute atomic E-state index is 13.8. The molecule has 4 N–H and O–H groups in total. The SMILES string of the molecule is CC(C)CNC(=O)[C@H](C)C[C@H](O)[C@H](CC(C)C)NC(=O)[C@H](Cc1ccc([N+](=O)[O-])cc1)NC(=O)c1cccc2ccccc12. The number of hydrogen-bond acceptors (Lipinski definition) is 6. The molecule has 10 nitrogen and oxygen atoms in total. The predicted molar refractivity (Wildman–Crippen MR) is 171 cm³/mol. The topological polar surface area (TPSA) is 151 Å². The van der Waals surface area contributed by atoms with Gasteiger partial charge in [0.05, 0.1) is 17.1 Å². The number of rotatable bonds is 15. The number of nitro groups is 1. The van der Waals surface area contributed by atoms with Crippen LogP contribution in [0.3, 0.4) is 0 Å². The molecule has 4 atom stereocenters. The van der Waals surface area contributed by atoms with Gasteiger partial charge in [0, 0.05) is 36.6 Å². The highest BCUT2D eigenvalue weighted by Crippen LogP contribution is 2.20. The van der Waals surface area contributed by atoms with E-state index in [1.165, 1.54) is 12.1 Å². The quantitative estimate of drug-likeness (QED) is 0.145. The molecule has 0 aliphatic rings. The zero-order valence-corrected chi connectivity index (χ0v) is 26.1. The Balaban J connectivity index is 1.84. The molecule has 0 unspecified atom stereocenters. The van der Waals surface area contributed by atoms with Crippen molar-refractivity contribution in [2.45, 2.75) is 72.1 Å². The van der Waals surface area contributed by atoms with E-state index in [2.05, 4.69) is 16.0 Å². The van der Waals surface area contributed by atoms with Gasteiger partial charge >= 0.3 is 0 Å². The summed E-state index contributed by atoms with van der Waals surface area (Å²) in [6, 6.07) is 16.9. The van der Waals surface area contributed by atoms with Crippen molar-refractivity contribution in [3.8, 4) is 0 Å². The molecule has 3 amide bonds. The van der Waals surface area contributed by atoms with Gasteiger partial charge < -0.3 is 21.1 Å². The van der Waals surface area contributed by atoms with Crippen LogP contribution in [0.25, 0.3) is 10.8 Å². The molecule has 236 valence electrons. The molecule has 0 saturated heterocycles. The highest BCUT2D eigenvalue weighted by molar-refractivity contribution is 6.08. The van der Waals surface area contributed by atoms with Crippen molar-refractivity contribution < 1.29 is 24.4 Å². The van der Waals surface area contributed by atoms with Crippen molar-refractivity contribution >= 4 is 34.2 Å². The first-order valence-corrected chi connectivity index (χ1v) is 15.1. The number of carbonyl (C=O) groups is 3. The molecule has 0 aliphatic carbocycles. The molecule has 0 fully saturated rings. The molecular weight excluding hydrogens is 560 g/mol. The van der Waals surface area contributed by atoms with Crippen LogP contribution in [0.2, 0.25) is 0 Å². The minimum Gasteiger partial charge on any atom is -0.391 e. The van der Waals surface area contributed by atoms with E-state index in [0.29, 0.717) is 30.0 Å². The van der Waals surface area contributed by atoms with Crippen LogP contribution in [0.1, 0.15) is 63.4 Å². The number of amides is 3. The molecule has 10 heteroatoms. The first kappa shape index (κ1) is 34.2. The molecule has 3 aromatic carbocycles. The second-order valence-corrected chi connectivity index (χ2v) is 12.3. The van der Waals surface area contributed by atoms with E-state index in [1.807, 2.05) is 58.0 Å². The van der Waals surface area contributed by atoms with Gasteiger partial charge in [-0.3, -0.25) is 24.5 Å². The molecule has 0 bridgehead atoms. The Hall–Kier alpha value is -4.31. The van der Waals surface area contributed by atoms with Gasteiger partial charge in [-0.05, 0) is 47.1 Å². The van der Waals surface area contributed by atoms with Crippen molar-refractivity contribution in [3.63, 3.8) is 0 Å². The van der Waals surface area contributed by atoms with Crippen molar-refractivity contribution in [2.75, 3.05) is 6.54 Å². The third-order valence-electron chi connectivity index (χ3n) is 7.49. The Morgan fingerprint density at radius 2 is 1.48 bits per heavy atom. The van der Waals surface area contributed by atoms with E-state index in [9.17, 15) is 29.6 Å². The maximum Gasteiger partial charge on any atom is 0.269 e. The predicted octanol–water partition coefficient (Wildman–Crippen LogP) is 4.78. The smallest absolute Gasteiger partial charge is 0.269 e. The second kappa shape index (κ2) is 16.0. The zero-order chi connectivity index (χ0) is 32.4. The van der Waals surface area contributed by atoms with Crippen LogP contribution >= 0.6 is 0 Å². The highest BCUT2D eigenvalue weighted by atomic mass is 16.6. The summed E-state index contributed by atoms with van der Waals surface area (Å²) < 4.78 is 0. The minimum absolute atomic E-state index is 0.0683. The number of hydrogen-bond donors (Lipinski definition) is 4. The monoisotopic (exact) mass is 604 g/mol. The summed E-state index contributed by atoms with van der Waals surface area (Å²) >= 11 is 0. The molecule has 0 radical (unpaired) electrons. The fourth-order valence-electron chi connectivity index (χ4n) is 5.07. The number of benzene rings is 3. The Labute approximate surface area is 258 Å². The molecule has 0 aliphatic heterocycles. The van der Waals surface area contributed by atoms with Crippen LogP contribution in [-0.4, -0.2) is 52.5 Å². The number of nitrogens with zero attached hydrogens (tertiary/aromatic N) is 1.